The second kappa shape index (κ2) is 9.34. The van der Waals surface area contributed by atoms with Gasteiger partial charge < -0.3 is 5.32 Å². The molecule has 1 aromatic rings. The minimum Gasteiger partial charge on any atom is -0.352 e. The summed E-state index contributed by atoms with van der Waals surface area (Å²) in [5, 5.41) is 3.01. The summed E-state index contributed by atoms with van der Waals surface area (Å²) in [6.07, 6.45) is 6.90. The largest absolute Gasteiger partial charge is 0.352 e. The van der Waals surface area contributed by atoms with E-state index in [0.29, 0.717) is 13.0 Å². The van der Waals surface area contributed by atoms with E-state index in [2.05, 4.69) is 12.2 Å². The van der Waals surface area contributed by atoms with Crippen molar-refractivity contribution in [2.45, 2.75) is 75.8 Å². The smallest absolute Gasteiger partial charge is 0.243 e. The first-order valence-electron chi connectivity index (χ1n) is 9.34. The maximum absolute atomic E-state index is 12.8. The van der Waals surface area contributed by atoms with Crippen molar-refractivity contribution in [2.75, 3.05) is 6.54 Å². The fourth-order valence-corrected chi connectivity index (χ4v) is 4.98. The van der Waals surface area contributed by atoms with Gasteiger partial charge in [0.1, 0.15) is 6.04 Å². The Morgan fingerprint density at radius 2 is 1.96 bits per heavy atom. The van der Waals surface area contributed by atoms with Crippen molar-refractivity contribution in [1.29, 1.82) is 0 Å². The van der Waals surface area contributed by atoms with Crippen LogP contribution in [0.25, 0.3) is 0 Å². The summed E-state index contributed by atoms with van der Waals surface area (Å²) >= 11 is 0. The number of carbonyl (C=O) groups is 1. The van der Waals surface area contributed by atoms with Crippen molar-refractivity contribution in [1.82, 2.24) is 9.62 Å². The van der Waals surface area contributed by atoms with E-state index in [1.54, 1.807) is 30.3 Å². The number of carbonyl (C=O) groups excluding carboxylic acids is 1. The SMILES string of the molecule is CCCCCC[C@@H](C)NC(=O)[C@@H]1CCCN1S(=O)(=O)c1ccccc1. The van der Waals surface area contributed by atoms with Crippen LogP contribution in [0, 0.1) is 0 Å². The molecule has 2 atom stereocenters. The van der Waals surface area contributed by atoms with Gasteiger partial charge in [0.05, 0.1) is 4.90 Å². The van der Waals surface area contributed by atoms with E-state index < -0.39 is 16.1 Å². The summed E-state index contributed by atoms with van der Waals surface area (Å²) in [4.78, 5) is 12.9. The normalized spacial score (nSPS) is 19.7. The second-order valence-corrected chi connectivity index (χ2v) is 8.74. The molecule has 1 amide bonds. The highest BCUT2D eigenvalue weighted by atomic mass is 32.2. The number of sulfonamides is 1. The molecule has 0 bridgehead atoms. The first-order valence-corrected chi connectivity index (χ1v) is 10.8. The standard InChI is InChI=1S/C19H30N2O3S/c1-3-4-5-7-11-16(2)20-19(22)18-14-10-15-21(18)25(23,24)17-12-8-6-9-13-17/h6,8-9,12-13,16,18H,3-5,7,10-11,14-15H2,1-2H3,(H,20,22)/t16-,18+/m1/s1. The summed E-state index contributed by atoms with van der Waals surface area (Å²) < 4.78 is 27.0. The average molecular weight is 367 g/mol. The lowest BCUT2D eigenvalue weighted by atomic mass is 10.1. The molecule has 0 saturated carbocycles. The fourth-order valence-electron chi connectivity index (χ4n) is 3.31. The molecule has 0 aliphatic carbocycles. The molecule has 0 aromatic heterocycles. The molecule has 140 valence electrons. The van der Waals surface area contributed by atoms with Gasteiger partial charge in [-0.1, -0.05) is 50.8 Å². The Labute approximate surface area is 151 Å². The van der Waals surface area contributed by atoms with Crippen LogP contribution in [0.4, 0.5) is 0 Å². The molecule has 25 heavy (non-hydrogen) atoms. The molecule has 1 N–H and O–H groups in total. The molecule has 1 aliphatic rings. The van der Waals surface area contributed by atoms with Crippen molar-refractivity contribution >= 4 is 15.9 Å². The zero-order valence-electron chi connectivity index (χ0n) is 15.3. The molecule has 0 unspecified atom stereocenters. The zero-order chi connectivity index (χ0) is 18.3. The number of amides is 1. The van der Waals surface area contributed by atoms with E-state index in [1.807, 2.05) is 6.92 Å². The highest BCUT2D eigenvalue weighted by molar-refractivity contribution is 7.89. The number of benzene rings is 1. The van der Waals surface area contributed by atoms with E-state index in [0.717, 1.165) is 19.3 Å². The van der Waals surface area contributed by atoms with Crippen molar-refractivity contribution in [3.8, 4) is 0 Å². The van der Waals surface area contributed by atoms with Crippen LogP contribution in [0.5, 0.6) is 0 Å². The molecule has 6 heteroatoms. The second-order valence-electron chi connectivity index (χ2n) is 6.85. The monoisotopic (exact) mass is 366 g/mol. The number of rotatable bonds is 9. The molecule has 2 rings (SSSR count). The van der Waals surface area contributed by atoms with Gasteiger partial charge >= 0.3 is 0 Å². The van der Waals surface area contributed by atoms with Crippen molar-refractivity contribution < 1.29 is 13.2 Å². The molecule has 0 radical (unpaired) electrons. The summed E-state index contributed by atoms with van der Waals surface area (Å²) in [5.41, 5.74) is 0. The summed E-state index contributed by atoms with van der Waals surface area (Å²) in [6, 6.07) is 7.84. The van der Waals surface area contributed by atoms with Crippen LogP contribution in [-0.4, -0.2) is 37.3 Å². The minimum absolute atomic E-state index is 0.0752. The van der Waals surface area contributed by atoms with E-state index in [1.165, 1.54) is 23.6 Å². The van der Waals surface area contributed by atoms with Crippen LogP contribution in [0.15, 0.2) is 35.2 Å². The highest BCUT2D eigenvalue weighted by Crippen LogP contribution is 2.26. The van der Waals surface area contributed by atoms with Crippen LogP contribution in [0.3, 0.4) is 0 Å². The summed E-state index contributed by atoms with van der Waals surface area (Å²) in [7, 11) is -3.62. The lowest BCUT2D eigenvalue weighted by Crippen LogP contribution is -2.48. The maximum atomic E-state index is 12.8. The Bertz CT molecular complexity index is 646. The van der Waals surface area contributed by atoms with Gasteiger partial charge in [-0.3, -0.25) is 4.79 Å². The van der Waals surface area contributed by atoms with Crippen molar-refractivity contribution in [3.63, 3.8) is 0 Å². The molecule has 1 saturated heterocycles. The van der Waals surface area contributed by atoms with Gasteiger partial charge in [0.15, 0.2) is 0 Å². The topological polar surface area (TPSA) is 66.5 Å². The van der Waals surface area contributed by atoms with E-state index in [-0.39, 0.29) is 16.8 Å². The Kier molecular flexibility index (Phi) is 7.44. The zero-order valence-corrected chi connectivity index (χ0v) is 16.1. The number of hydrogen-bond acceptors (Lipinski definition) is 3. The first kappa shape index (κ1) is 19.9. The van der Waals surface area contributed by atoms with Gasteiger partial charge in [-0.15, -0.1) is 0 Å². The number of nitrogens with one attached hydrogen (secondary N) is 1. The van der Waals surface area contributed by atoms with Crippen molar-refractivity contribution in [2.24, 2.45) is 0 Å². The molecule has 1 aliphatic heterocycles. The maximum Gasteiger partial charge on any atom is 0.243 e. The van der Waals surface area contributed by atoms with E-state index >= 15 is 0 Å². The van der Waals surface area contributed by atoms with Gasteiger partial charge in [-0.05, 0) is 38.3 Å². The molecule has 1 heterocycles. The molecule has 5 nitrogen and oxygen atoms in total. The fraction of sp³-hybridized carbons (Fsp3) is 0.632. The Balaban J connectivity index is 1.97. The number of nitrogens with zero attached hydrogens (tertiary/aromatic N) is 1. The van der Waals surface area contributed by atoms with Gasteiger partial charge in [0, 0.05) is 12.6 Å². The molecular formula is C19H30N2O3S. The predicted molar refractivity (Wildman–Crippen MR) is 99.7 cm³/mol. The number of hydrogen-bond donors (Lipinski definition) is 1. The lowest BCUT2D eigenvalue weighted by Gasteiger charge is -2.25. The third-order valence-corrected chi connectivity index (χ3v) is 6.66. The Morgan fingerprint density at radius 3 is 2.64 bits per heavy atom. The summed E-state index contributed by atoms with van der Waals surface area (Å²) in [5.74, 6) is -0.167. The van der Waals surface area contributed by atoms with Crippen LogP contribution in [0.1, 0.15) is 58.8 Å². The van der Waals surface area contributed by atoms with Gasteiger partial charge in [-0.2, -0.15) is 4.31 Å². The number of unbranched alkanes of at least 4 members (excludes halogenated alkanes) is 3. The van der Waals surface area contributed by atoms with Crippen LogP contribution in [-0.2, 0) is 14.8 Å². The van der Waals surface area contributed by atoms with E-state index in [9.17, 15) is 13.2 Å². The molecule has 1 fully saturated rings. The quantitative estimate of drug-likeness (QED) is 0.682. The highest BCUT2D eigenvalue weighted by Gasteiger charge is 2.39. The summed E-state index contributed by atoms with van der Waals surface area (Å²) in [6.45, 7) is 4.57. The van der Waals surface area contributed by atoms with Gasteiger partial charge in [-0.25, -0.2) is 8.42 Å². The van der Waals surface area contributed by atoms with Crippen LogP contribution >= 0.6 is 0 Å². The van der Waals surface area contributed by atoms with Crippen LogP contribution in [0.2, 0.25) is 0 Å². The third-order valence-electron chi connectivity index (χ3n) is 4.74. The third kappa shape index (κ3) is 5.28. The Hall–Kier alpha value is -1.40. The molecule has 1 aromatic carbocycles. The minimum atomic E-state index is -3.62. The Morgan fingerprint density at radius 1 is 1.24 bits per heavy atom. The van der Waals surface area contributed by atoms with E-state index in [4.69, 9.17) is 0 Å². The molecule has 0 spiro atoms. The van der Waals surface area contributed by atoms with Gasteiger partial charge in [0.25, 0.3) is 0 Å². The molecular weight excluding hydrogens is 336 g/mol. The average Bonchev–Trinajstić information content (AvgIpc) is 3.10. The lowest BCUT2D eigenvalue weighted by molar-refractivity contribution is -0.124. The first-order chi connectivity index (χ1) is 12.0. The van der Waals surface area contributed by atoms with Crippen LogP contribution < -0.4 is 5.32 Å². The predicted octanol–water partition coefficient (Wildman–Crippen LogP) is 3.31. The van der Waals surface area contributed by atoms with Gasteiger partial charge in [0.2, 0.25) is 15.9 Å². The van der Waals surface area contributed by atoms with Crippen molar-refractivity contribution in [3.05, 3.63) is 30.3 Å².